The number of fused-ring (bicyclic) bond motifs is 10. The summed E-state index contributed by atoms with van der Waals surface area (Å²) in [5.41, 5.74) is 10.1. The van der Waals surface area contributed by atoms with Crippen molar-refractivity contribution >= 4 is 6.03 Å². The number of urea groups is 1. The van der Waals surface area contributed by atoms with E-state index in [-0.39, 0.29) is 44.2 Å². The maximum absolute atomic E-state index is 15.1. The van der Waals surface area contributed by atoms with Crippen LogP contribution in [-0.2, 0) is 25.7 Å². The highest BCUT2D eigenvalue weighted by atomic mass is 16.7. The molecule has 0 bridgehead atoms. The van der Waals surface area contributed by atoms with Gasteiger partial charge in [0.25, 0.3) is 0 Å². The fourth-order valence-corrected chi connectivity index (χ4v) is 9.18. The summed E-state index contributed by atoms with van der Waals surface area (Å²) in [6.07, 6.45) is 2.60. The van der Waals surface area contributed by atoms with Gasteiger partial charge in [-0.1, -0.05) is 12.1 Å². The van der Waals surface area contributed by atoms with Gasteiger partial charge in [-0.2, -0.15) is 0 Å². The minimum atomic E-state index is -0.227. The van der Waals surface area contributed by atoms with Crippen LogP contribution < -0.4 is 33.2 Å². The standard InChI is InChI=1S/C37H30N2O9/c1-42-33-23(40)4-2-17-10-21-27-19(12-25-35(47-15-44-25)31(27)29(17)33)6-8-38(21)37(41)39-9-7-20-13-26-36(48-16-45-26)32-28(20)22(39)11-18-3-5-24-34(30(18)32)46-14-43-24/h2-5,12-13,21-22,40H,6-11,14-16H2,1H3/t21-,22-/m0/s1. The largest absolute Gasteiger partial charge is 0.504 e. The number of nitrogens with zero attached hydrogens (tertiary/aromatic N) is 2. The van der Waals surface area contributed by atoms with Gasteiger partial charge in [0.15, 0.2) is 46.0 Å². The van der Waals surface area contributed by atoms with Crippen molar-refractivity contribution in [3.05, 3.63) is 69.8 Å². The van der Waals surface area contributed by atoms with Gasteiger partial charge in [-0.15, -0.1) is 0 Å². The fraction of sp³-hybridized carbons (Fsp3) is 0.324. The van der Waals surface area contributed by atoms with Gasteiger partial charge in [-0.3, -0.25) is 0 Å². The number of hydrogen-bond donors (Lipinski definition) is 1. The number of carbonyl (C=O) groups excluding carboxylic acids is 1. The Kier molecular flexibility index (Phi) is 5.17. The van der Waals surface area contributed by atoms with Crippen molar-refractivity contribution in [3.63, 3.8) is 0 Å². The van der Waals surface area contributed by atoms with Gasteiger partial charge >= 0.3 is 6.03 Å². The molecular weight excluding hydrogens is 616 g/mol. The quantitative estimate of drug-likeness (QED) is 0.281. The molecule has 0 aromatic heterocycles. The lowest BCUT2D eigenvalue weighted by molar-refractivity contribution is 0.106. The molecule has 0 fully saturated rings. The number of aromatic hydroxyl groups is 1. The van der Waals surface area contributed by atoms with Gasteiger partial charge in [0.05, 0.1) is 19.2 Å². The van der Waals surface area contributed by atoms with E-state index in [0.29, 0.717) is 67.5 Å². The Bertz CT molecular complexity index is 2040. The summed E-state index contributed by atoms with van der Waals surface area (Å²) in [5.74, 6) is 4.65. The van der Waals surface area contributed by atoms with Gasteiger partial charge in [0.2, 0.25) is 20.4 Å². The predicted molar refractivity (Wildman–Crippen MR) is 169 cm³/mol. The fourth-order valence-electron chi connectivity index (χ4n) is 9.18. The Balaban J connectivity index is 1.04. The summed E-state index contributed by atoms with van der Waals surface area (Å²) in [5, 5.41) is 10.8. The molecule has 0 saturated heterocycles. The van der Waals surface area contributed by atoms with Crippen molar-refractivity contribution < 1.29 is 43.1 Å². The summed E-state index contributed by atoms with van der Waals surface area (Å²) in [6, 6.07) is 11.4. The highest BCUT2D eigenvalue weighted by Gasteiger charge is 2.47. The molecule has 0 radical (unpaired) electrons. The third-order valence-corrected chi connectivity index (χ3v) is 11.1. The van der Waals surface area contributed by atoms with Crippen LogP contribution in [0.2, 0.25) is 0 Å². The van der Waals surface area contributed by atoms with Crippen LogP contribution in [0.5, 0.6) is 46.0 Å². The predicted octanol–water partition coefficient (Wildman–Crippen LogP) is 5.65. The molecule has 0 spiro atoms. The minimum absolute atomic E-state index is 0.00641. The minimum Gasteiger partial charge on any atom is -0.504 e. The molecule has 1 N–H and O–H groups in total. The molecule has 48 heavy (non-hydrogen) atoms. The lowest BCUT2D eigenvalue weighted by Crippen LogP contribution is -2.52. The van der Waals surface area contributed by atoms with Crippen LogP contribution in [-0.4, -0.2) is 61.5 Å². The number of carbonyl (C=O) groups is 1. The van der Waals surface area contributed by atoms with Crippen LogP contribution >= 0.6 is 0 Å². The number of phenols is 1. The van der Waals surface area contributed by atoms with Crippen LogP contribution in [0, 0.1) is 0 Å². The lowest BCUT2D eigenvalue weighted by Gasteiger charge is -2.47. The van der Waals surface area contributed by atoms with Gasteiger partial charge in [-0.25, -0.2) is 4.79 Å². The molecule has 2 aliphatic carbocycles. The van der Waals surface area contributed by atoms with Crippen LogP contribution in [0.25, 0.3) is 22.3 Å². The van der Waals surface area contributed by atoms with Gasteiger partial charge in [-0.05, 0) is 83.3 Å². The number of methoxy groups -OCH3 is 1. The Morgan fingerprint density at radius 2 is 1.19 bits per heavy atom. The molecule has 5 aliphatic heterocycles. The van der Waals surface area contributed by atoms with Crippen molar-refractivity contribution in [2.24, 2.45) is 0 Å². The van der Waals surface area contributed by atoms with E-state index < -0.39 is 0 Å². The number of amides is 2. The summed E-state index contributed by atoms with van der Waals surface area (Å²) in [6.45, 7) is 1.59. The van der Waals surface area contributed by atoms with E-state index in [1.165, 1.54) is 5.56 Å². The summed E-state index contributed by atoms with van der Waals surface area (Å²) >= 11 is 0. The van der Waals surface area contributed by atoms with Crippen molar-refractivity contribution in [2.75, 3.05) is 40.6 Å². The zero-order valence-corrected chi connectivity index (χ0v) is 26.1. The Hall–Kier alpha value is -5.45. The van der Waals surface area contributed by atoms with Crippen LogP contribution in [0.1, 0.15) is 45.5 Å². The SMILES string of the molecule is COc1c(O)ccc2c1-c1c3c(cc4c1[C@H](C2)N(C(=O)N1CCc2cc5c(c6c2[C@@H]1Cc1ccc2c(c1-6)OCO2)OCO5)CC4)OCO3. The zero-order chi connectivity index (χ0) is 31.8. The molecule has 0 unspecified atom stereocenters. The molecule has 11 heteroatoms. The third kappa shape index (κ3) is 3.30. The summed E-state index contributed by atoms with van der Waals surface area (Å²) in [7, 11) is 1.56. The first-order chi connectivity index (χ1) is 23.6. The molecule has 242 valence electrons. The Morgan fingerprint density at radius 3 is 1.79 bits per heavy atom. The third-order valence-electron chi connectivity index (χ3n) is 11.1. The molecular formula is C37H30N2O9. The number of hydrogen-bond acceptors (Lipinski definition) is 9. The van der Waals surface area contributed by atoms with Gasteiger partial charge in [0.1, 0.15) is 0 Å². The van der Waals surface area contributed by atoms with Crippen LogP contribution in [0.15, 0.2) is 36.4 Å². The summed E-state index contributed by atoms with van der Waals surface area (Å²) < 4.78 is 41.5. The molecule has 5 heterocycles. The van der Waals surface area contributed by atoms with E-state index in [0.717, 1.165) is 61.6 Å². The molecule has 4 aromatic rings. The maximum Gasteiger partial charge on any atom is 0.321 e. The molecule has 7 aliphatic rings. The normalized spacial score (nSPS) is 20.9. The van der Waals surface area contributed by atoms with Gasteiger partial charge < -0.3 is 48.1 Å². The summed E-state index contributed by atoms with van der Waals surface area (Å²) in [4.78, 5) is 19.2. The second-order valence-electron chi connectivity index (χ2n) is 13.2. The van der Waals surface area contributed by atoms with Crippen molar-refractivity contribution in [1.29, 1.82) is 0 Å². The Morgan fingerprint density at radius 1 is 0.667 bits per heavy atom. The highest BCUT2D eigenvalue weighted by Crippen LogP contribution is 2.60. The van der Waals surface area contributed by atoms with Crippen molar-refractivity contribution in [2.45, 2.75) is 37.8 Å². The van der Waals surface area contributed by atoms with E-state index in [9.17, 15) is 5.11 Å². The molecule has 0 saturated carbocycles. The lowest BCUT2D eigenvalue weighted by atomic mass is 9.75. The first kappa shape index (κ1) is 26.6. The van der Waals surface area contributed by atoms with Gasteiger partial charge in [0, 0.05) is 35.3 Å². The first-order valence-electron chi connectivity index (χ1n) is 16.4. The van der Waals surface area contributed by atoms with Crippen LogP contribution in [0.4, 0.5) is 4.79 Å². The number of benzene rings is 4. The van der Waals surface area contributed by atoms with E-state index in [2.05, 4.69) is 23.1 Å². The molecule has 11 nitrogen and oxygen atoms in total. The highest BCUT2D eigenvalue weighted by molar-refractivity contribution is 5.92. The average Bonchev–Trinajstić information content (AvgIpc) is 3.89. The molecule has 2 atom stereocenters. The molecule has 2 amide bonds. The van der Waals surface area contributed by atoms with E-state index in [1.807, 2.05) is 17.0 Å². The number of phenolic OH excluding ortho intramolecular Hbond substituents is 1. The second-order valence-corrected chi connectivity index (χ2v) is 13.2. The van der Waals surface area contributed by atoms with E-state index >= 15 is 4.79 Å². The molecule has 11 rings (SSSR count). The molecule has 4 aromatic carbocycles. The van der Waals surface area contributed by atoms with Crippen LogP contribution in [0.3, 0.4) is 0 Å². The number of rotatable bonds is 1. The maximum atomic E-state index is 15.1. The number of ether oxygens (including phenoxy) is 7. The van der Waals surface area contributed by atoms with E-state index in [4.69, 9.17) is 33.2 Å². The zero-order valence-electron chi connectivity index (χ0n) is 26.1. The Labute approximate surface area is 275 Å². The first-order valence-corrected chi connectivity index (χ1v) is 16.4. The van der Waals surface area contributed by atoms with Crippen molar-refractivity contribution in [1.82, 2.24) is 9.80 Å². The monoisotopic (exact) mass is 646 g/mol. The van der Waals surface area contributed by atoms with E-state index in [1.54, 1.807) is 13.2 Å². The second kappa shape index (κ2) is 9.33. The average molecular weight is 647 g/mol. The van der Waals surface area contributed by atoms with Crippen molar-refractivity contribution in [3.8, 4) is 68.2 Å². The smallest absolute Gasteiger partial charge is 0.321 e. The topological polar surface area (TPSA) is 108 Å².